The van der Waals surface area contributed by atoms with Crippen LogP contribution in [0.3, 0.4) is 0 Å². The summed E-state index contributed by atoms with van der Waals surface area (Å²) in [5.74, 6) is 0.255. The summed E-state index contributed by atoms with van der Waals surface area (Å²) in [6.45, 7) is 0.492. The molecule has 0 bridgehead atoms. The van der Waals surface area contributed by atoms with Gasteiger partial charge >= 0.3 is 5.91 Å². The van der Waals surface area contributed by atoms with Crippen molar-refractivity contribution in [3.05, 3.63) is 0 Å². The lowest BCUT2D eigenvalue weighted by Crippen LogP contribution is -2.48. The Kier molecular flexibility index (Phi) is 3.93. The number of carbonyl (C=O) groups excluding carboxylic acids is 1. The number of nitrogens with zero attached hydrogens (tertiary/aromatic N) is 1. The highest BCUT2D eigenvalue weighted by Gasteiger charge is 2.23. The maximum atomic E-state index is 11.0. The Bertz CT molecular complexity index is 125. The second kappa shape index (κ2) is 3.95. The Morgan fingerprint density at radius 3 is 2.40 bits per heavy atom. The van der Waals surface area contributed by atoms with Gasteiger partial charge in [-0.1, -0.05) is 0 Å². The first-order chi connectivity index (χ1) is 4.54. The van der Waals surface area contributed by atoms with Crippen molar-refractivity contribution < 1.29 is 14.4 Å². The topological polar surface area (TPSA) is 37.3 Å². The number of likely N-dealkylation sites (N-methyl/N-ethyl adjacent to an activating group) is 1. The molecule has 0 heterocycles. The highest BCUT2D eigenvalue weighted by atomic mass is 32.1. The second-order valence-electron chi connectivity index (χ2n) is 2.68. The van der Waals surface area contributed by atoms with E-state index in [0.29, 0.717) is 6.54 Å². The number of carbonyl (C=O) groups is 1. The van der Waals surface area contributed by atoms with Gasteiger partial charge < -0.3 is 5.11 Å². The molecule has 0 aromatic heterocycles. The van der Waals surface area contributed by atoms with Gasteiger partial charge in [0.05, 0.1) is 20.7 Å². The van der Waals surface area contributed by atoms with Gasteiger partial charge in [0, 0.05) is 0 Å². The zero-order valence-electron chi connectivity index (χ0n) is 6.37. The third-order valence-electron chi connectivity index (χ3n) is 1.47. The Morgan fingerprint density at radius 1 is 1.60 bits per heavy atom. The van der Waals surface area contributed by atoms with Gasteiger partial charge in [0.1, 0.15) is 12.3 Å². The molecule has 10 heavy (non-hydrogen) atoms. The summed E-state index contributed by atoms with van der Waals surface area (Å²) < 4.78 is 0.208. The van der Waals surface area contributed by atoms with Gasteiger partial charge in [0.2, 0.25) is 0 Å². The van der Waals surface area contributed by atoms with E-state index in [4.69, 9.17) is 5.11 Å². The van der Waals surface area contributed by atoms with Crippen LogP contribution < -0.4 is 0 Å². The molecule has 0 aliphatic rings. The Balaban J connectivity index is 3.96. The number of aliphatic hydroxyl groups is 1. The molecule has 60 valence electrons. The van der Waals surface area contributed by atoms with Gasteiger partial charge in [-0.25, -0.2) is 4.79 Å². The summed E-state index contributed by atoms with van der Waals surface area (Å²) in [4.78, 5) is 11.0. The molecule has 0 spiro atoms. The van der Waals surface area contributed by atoms with E-state index >= 15 is 0 Å². The van der Waals surface area contributed by atoms with E-state index in [1.807, 2.05) is 0 Å². The summed E-state index contributed by atoms with van der Waals surface area (Å²) in [5, 5.41) is 8.55. The van der Waals surface area contributed by atoms with Gasteiger partial charge in [-0.05, 0) is 0 Å². The predicted octanol–water partition coefficient (Wildman–Crippen LogP) is -0.488. The van der Waals surface area contributed by atoms with Crippen LogP contribution in [0, 0.1) is 0 Å². The minimum atomic E-state index is 0.0254. The fourth-order valence-corrected chi connectivity index (χ4v) is 0.949. The molecule has 0 fully saturated rings. The van der Waals surface area contributed by atoms with E-state index in [-0.39, 0.29) is 22.7 Å². The first kappa shape index (κ1) is 9.94. The molecule has 0 saturated carbocycles. The second-order valence-corrected chi connectivity index (χ2v) is 3.00. The van der Waals surface area contributed by atoms with E-state index < -0.39 is 0 Å². The molecule has 0 saturated heterocycles. The molecule has 0 aromatic rings. The molecule has 0 radical (unpaired) electrons. The molecule has 0 atom stereocenters. The van der Waals surface area contributed by atoms with Crippen LogP contribution in [-0.2, 0) is 4.79 Å². The van der Waals surface area contributed by atoms with Crippen LogP contribution >= 0.6 is 12.6 Å². The minimum absolute atomic E-state index is 0.0254. The molecular formula is C6H14NO2S+. The van der Waals surface area contributed by atoms with Gasteiger partial charge in [-0.2, -0.15) is 12.6 Å². The summed E-state index contributed by atoms with van der Waals surface area (Å²) in [6.07, 6.45) is 0. The van der Waals surface area contributed by atoms with E-state index in [1.54, 1.807) is 14.1 Å². The summed E-state index contributed by atoms with van der Waals surface area (Å²) in [7, 11) is 3.52. The van der Waals surface area contributed by atoms with Crippen LogP contribution in [0.2, 0.25) is 0 Å². The maximum Gasteiger partial charge on any atom is 0.323 e. The van der Waals surface area contributed by atoms with Crippen molar-refractivity contribution in [1.82, 2.24) is 0 Å². The molecule has 0 unspecified atom stereocenters. The third-order valence-corrected chi connectivity index (χ3v) is 1.74. The van der Waals surface area contributed by atoms with Gasteiger partial charge in [0.15, 0.2) is 0 Å². The highest BCUT2D eigenvalue weighted by Crippen LogP contribution is 1.98. The minimum Gasteiger partial charge on any atom is -0.390 e. The van der Waals surface area contributed by atoms with Crippen LogP contribution in [0.1, 0.15) is 0 Å². The Morgan fingerprint density at radius 2 is 2.10 bits per heavy atom. The molecule has 1 N–H and O–H groups in total. The third kappa shape index (κ3) is 2.68. The van der Waals surface area contributed by atoms with Crippen molar-refractivity contribution >= 4 is 18.5 Å². The SMILES string of the molecule is C[N+](C)(CCO)C(=O)CS. The Hall–Kier alpha value is -0.0600. The van der Waals surface area contributed by atoms with Gasteiger partial charge in [0.25, 0.3) is 0 Å². The normalized spacial score (nSPS) is 11.6. The fourth-order valence-electron chi connectivity index (χ4n) is 0.566. The largest absolute Gasteiger partial charge is 0.390 e. The molecule has 4 heteroatoms. The van der Waals surface area contributed by atoms with Gasteiger partial charge in [-0.15, -0.1) is 0 Å². The van der Waals surface area contributed by atoms with Crippen LogP contribution in [0.25, 0.3) is 0 Å². The van der Waals surface area contributed by atoms with Crippen LogP contribution in [0.15, 0.2) is 0 Å². The Labute approximate surface area is 66.6 Å². The number of quaternary nitrogens is 1. The van der Waals surface area contributed by atoms with E-state index in [2.05, 4.69) is 12.6 Å². The molecule has 0 aliphatic carbocycles. The zero-order valence-corrected chi connectivity index (χ0v) is 7.27. The van der Waals surface area contributed by atoms with Crippen molar-refractivity contribution in [1.29, 1.82) is 0 Å². The number of hydrogen-bond donors (Lipinski definition) is 2. The molecule has 1 amide bonds. The first-order valence-electron chi connectivity index (χ1n) is 3.12. The monoisotopic (exact) mass is 164 g/mol. The number of thiol groups is 1. The van der Waals surface area contributed by atoms with Crippen molar-refractivity contribution in [3.8, 4) is 0 Å². The molecule has 0 aliphatic heterocycles. The van der Waals surface area contributed by atoms with E-state index in [1.165, 1.54) is 0 Å². The quantitative estimate of drug-likeness (QED) is 0.436. The smallest absolute Gasteiger partial charge is 0.323 e. The number of rotatable bonds is 3. The average molecular weight is 164 g/mol. The lowest BCUT2D eigenvalue weighted by molar-refractivity contribution is -0.813. The average Bonchev–Trinajstić information content (AvgIpc) is 1.86. The maximum absolute atomic E-state index is 11.0. The molecular weight excluding hydrogens is 150 g/mol. The van der Waals surface area contributed by atoms with Crippen molar-refractivity contribution in [3.63, 3.8) is 0 Å². The van der Waals surface area contributed by atoms with Crippen molar-refractivity contribution in [2.45, 2.75) is 0 Å². The highest BCUT2D eigenvalue weighted by molar-refractivity contribution is 7.81. The van der Waals surface area contributed by atoms with Gasteiger partial charge in [-0.3, -0.25) is 4.48 Å². The molecule has 0 aromatic carbocycles. The summed E-state index contributed by atoms with van der Waals surface area (Å²) >= 11 is 3.85. The van der Waals surface area contributed by atoms with Crippen LogP contribution in [-0.4, -0.2) is 48.5 Å². The number of aliphatic hydroxyl groups excluding tert-OH is 1. The van der Waals surface area contributed by atoms with Crippen molar-refractivity contribution in [2.75, 3.05) is 33.0 Å². The van der Waals surface area contributed by atoms with Crippen molar-refractivity contribution in [2.24, 2.45) is 0 Å². The van der Waals surface area contributed by atoms with Crippen LogP contribution in [0.4, 0.5) is 0 Å². The van der Waals surface area contributed by atoms with E-state index in [0.717, 1.165) is 0 Å². The number of amides is 1. The standard InChI is InChI=1S/C6H13NO2S/c1-7(2,3-4-8)6(9)5-10/h8H,3-5H2,1-2H3/p+1. The predicted molar refractivity (Wildman–Crippen MR) is 42.9 cm³/mol. The first-order valence-corrected chi connectivity index (χ1v) is 3.76. The lowest BCUT2D eigenvalue weighted by Gasteiger charge is -2.24. The number of hydrogen-bond acceptors (Lipinski definition) is 3. The van der Waals surface area contributed by atoms with E-state index in [9.17, 15) is 4.79 Å². The molecule has 0 rings (SSSR count). The lowest BCUT2D eigenvalue weighted by atomic mass is 10.4. The zero-order chi connectivity index (χ0) is 8.20. The summed E-state index contributed by atoms with van der Waals surface area (Å²) in [5.41, 5.74) is 0. The summed E-state index contributed by atoms with van der Waals surface area (Å²) in [6, 6.07) is 0. The van der Waals surface area contributed by atoms with Crippen LogP contribution in [0.5, 0.6) is 0 Å². The fraction of sp³-hybridized carbons (Fsp3) is 0.833. The molecule has 3 nitrogen and oxygen atoms in total.